The first-order valence-electron chi connectivity index (χ1n) is 10.8. The Morgan fingerprint density at radius 3 is 2.55 bits per heavy atom. The molecule has 0 saturated carbocycles. The van der Waals surface area contributed by atoms with Crippen LogP contribution in [0, 0.1) is 11.6 Å². The maximum Gasteiger partial charge on any atom is 0.184 e. The molecule has 9 heteroatoms. The number of aliphatic imine (C=N–C) groups is 1. The average molecular weight is 452 g/mol. The van der Waals surface area contributed by atoms with Crippen molar-refractivity contribution in [1.29, 1.82) is 0 Å². The van der Waals surface area contributed by atoms with Crippen molar-refractivity contribution in [2.45, 2.75) is 19.4 Å². The fraction of sp³-hybridized carbons (Fsp3) is 0.250. The van der Waals surface area contributed by atoms with Gasteiger partial charge in [-0.15, -0.1) is 0 Å². The third-order valence-corrected chi connectivity index (χ3v) is 5.51. The van der Waals surface area contributed by atoms with Crippen LogP contribution in [0.3, 0.4) is 0 Å². The second-order valence-electron chi connectivity index (χ2n) is 8.09. The Hall–Kier alpha value is -3.40. The first-order chi connectivity index (χ1) is 15.9. The molecule has 1 saturated heterocycles. The number of nitrogens with zero attached hydrogens (tertiary/aromatic N) is 4. The van der Waals surface area contributed by atoms with E-state index < -0.39 is 11.6 Å². The van der Waals surface area contributed by atoms with Gasteiger partial charge in [-0.3, -0.25) is 16.2 Å². The fourth-order valence-corrected chi connectivity index (χ4v) is 3.84. The zero-order chi connectivity index (χ0) is 23.4. The van der Waals surface area contributed by atoms with Crippen LogP contribution >= 0.6 is 0 Å². The molecule has 2 aromatic carbocycles. The van der Waals surface area contributed by atoms with Gasteiger partial charge in [0, 0.05) is 25.4 Å². The van der Waals surface area contributed by atoms with E-state index in [0.29, 0.717) is 5.56 Å². The number of nitrogens with two attached hydrogens (primary N) is 2. The number of anilines is 1. The van der Waals surface area contributed by atoms with Crippen molar-refractivity contribution in [2.75, 3.05) is 25.9 Å². The van der Waals surface area contributed by atoms with Gasteiger partial charge in [0.25, 0.3) is 0 Å². The Kier molecular flexibility index (Phi) is 6.93. The molecule has 3 aromatic rings. The highest BCUT2D eigenvalue weighted by Gasteiger charge is 2.16. The maximum atomic E-state index is 14.2. The number of benzene rings is 2. The van der Waals surface area contributed by atoms with Gasteiger partial charge in [-0.1, -0.05) is 30.3 Å². The lowest BCUT2D eigenvalue weighted by molar-refractivity contribution is 0.305. The molecule has 0 radical (unpaired) electrons. The van der Waals surface area contributed by atoms with Crippen LogP contribution in [0.5, 0.6) is 0 Å². The lowest BCUT2D eigenvalue weighted by Crippen LogP contribution is -2.44. The number of hydrogen-bond donors (Lipinski definition) is 3. The first kappa shape index (κ1) is 22.8. The molecule has 1 fully saturated rings. The molecule has 5 N–H and O–H groups in total. The van der Waals surface area contributed by atoms with Crippen molar-refractivity contribution < 1.29 is 8.78 Å². The maximum absolute atomic E-state index is 14.2. The molecule has 1 aliphatic heterocycles. The number of aromatic nitrogens is 1. The van der Waals surface area contributed by atoms with Gasteiger partial charge in [-0.25, -0.2) is 18.8 Å². The summed E-state index contributed by atoms with van der Waals surface area (Å²) in [6.07, 6.45) is 4.18. The van der Waals surface area contributed by atoms with E-state index in [1.807, 2.05) is 12.1 Å². The molecule has 33 heavy (non-hydrogen) atoms. The summed E-state index contributed by atoms with van der Waals surface area (Å²) in [5.41, 5.74) is 12.2. The lowest BCUT2D eigenvalue weighted by Gasteiger charge is -2.18. The van der Waals surface area contributed by atoms with Crippen LogP contribution < -0.4 is 17.0 Å². The van der Waals surface area contributed by atoms with Gasteiger partial charge in [0.05, 0.1) is 5.56 Å². The van der Waals surface area contributed by atoms with Gasteiger partial charge in [-0.05, 0) is 55.3 Å². The Morgan fingerprint density at radius 1 is 1.12 bits per heavy atom. The number of nitrogens with one attached hydrogen (secondary N) is 1. The van der Waals surface area contributed by atoms with Gasteiger partial charge in [0.1, 0.15) is 11.5 Å². The quantitative estimate of drug-likeness (QED) is 0.229. The summed E-state index contributed by atoms with van der Waals surface area (Å²) in [5.74, 6) is 4.00. The van der Waals surface area contributed by atoms with Crippen molar-refractivity contribution in [3.8, 4) is 11.1 Å². The summed E-state index contributed by atoms with van der Waals surface area (Å²) in [7, 11) is 1.55. The molecular formula is C24H27F2N7. The molecule has 172 valence electrons. The minimum absolute atomic E-state index is 0.141. The molecule has 1 aliphatic rings. The molecule has 0 atom stereocenters. The smallest absolute Gasteiger partial charge is 0.184 e. The first-order valence-corrected chi connectivity index (χ1v) is 10.8. The van der Waals surface area contributed by atoms with E-state index in [1.54, 1.807) is 19.3 Å². The molecule has 0 amide bonds. The van der Waals surface area contributed by atoms with Crippen molar-refractivity contribution in [1.82, 2.24) is 20.4 Å². The number of rotatable bonds is 6. The number of hydrogen-bond acceptors (Lipinski definition) is 6. The zero-order valence-electron chi connectivity index (χ0n) is 18.4. The highest BCUT2D eigenvalue weighted by molar-refractivity contribution is 6.04. The van der Waals surface area contributed by atoms with E-state index in [9.17, 15) is 8.78 Å². The van der Waals surface area contributed by atoms with E-state index in [0.717, 1.165) is 41.9 Å². The van der Waals surface area contributed by atoms with Crippen LogP contribution in [0.25, 0.3) is 11.1 Å². The zero-order valence-corrected chi connectivity index (χ0v) is 18.4. The van der Waals surface area contributed by atoms with Crippen LogP contribution in [-0.2, 0) is 6.54 Å². The molecule has 0 bridgehead atoms. The van der Waals surface area contributed by atoms with Crippen molar-refractivity contribution >= 4 is 17.3 Å². The summed E-state index contributed by atoms with van der Waals surface area (Å²) < 4.78 is 27.9. The van der Waals surface area contributed by atoms with E-state index in [-0.39, 0.29) is 17.3 Å². The molecular weight excluding hydrogens is 424 g/mol. The lowest BCUT2D eigenvalue weighted by atomic mass is 10.0. The number of halogens is 2. The largest absolute Gasteiger partial charge is 0.383 e. The summed E-state index contributed by atoms with van der Waals surface area (Å²) in [6.45, 7) is 3.22. The Balaban J connectivity index is 1.66. The van der Waals surface area contributed by atoms with Gasteiger partial charge < -0.3 is 5.73 Å². The fourth-order valence-electron chi connectivity index (χ4n) is 3.84. The van der Waals surface area contributed by atoms with Crippen molar-refractivity contribution in [2.24, 2.45) is 10.8 Å². The van der Waals surface area contributed by atoms with Gasteiger partial charge in [0.2, 0.25) is 0 Å². The molecule has 0 unspecified atom stereocenters. The van der Waals surface area contributed by atoms with Crippen LogP contribution in [0.4, 0.5) is 20.3 Å². The summed E-state index contributed by atoms with van der Waals surface area (Å²) in [5, 5.41) is 1.15. The molecule has 4 rings (SSSR count). The highest BCUT2D eigenvalue weighted by atomic mass is 19.2. The molecule has 0 spiro atoms. The number of likely N-dealkylation sites (tertiary alicyclic amines) is 1. The SMILES string of the molecule is CN(N)NC(=Nc1cccc(F)c1F)c1cc(-c2ccc(CN3CCCC3)cc2)cnc1N. The Bertz CT molecular complexity index is 1140. The van der Waals surface area contributed by atoms with E-state index in [4.69, 9.17) is 11.6 Å². The van der Waals surface area contributed by atoms with Crippen molar-refractivity contribution in [3.63, 3.8) is 0 Å². The van der Waals surface area contributed by atoms with Crippen LogP contribution in [0.15, 0.2) is 59.7 Å². The predicted octanol–water partition coefficient (Wildman–Crippen LogP) is 3.59. The summed E-state index contributed by atoms with van der Waals surface area (Å²) in [6, 6.07) is 13.8. The minimum Gasteiger partial charge on any atom is -0.383 e. The second kappa shape index (κ2) is 10.0. The number of nitrogen functional groups attached to an aromatic ring is 1. The normalized spacial score (nSPS) is 14.8. The Morgan fingerprint density at radius 2 is 1.85 bits per heavy atom. The summed E-state index contributed by atoms with van der Waals surface area (Å²) >= 11 is 0. The molecule has 7 nitrogen and oxygen atoms in total. The van der Waals surface area contributed by atoms with Gasteiger partial charge in [0.15, 0.2) is 17.5 Å². The number of amidine groups is 1. The second-order valence-corrected chi connectivity index (χ2v) is 8.09. The third kappa shape index (κ3) is 5.51. The minimum atomic E-state index is -1.06. The summed E-state index contributed by atoms with van der Waals surface area (Å²) in [4.78, 5) is 11.0. The van der Waals surface area contributed by atoms with Crippen LogP contribution in [0.2, 0.25) is 0 Å². The Labute approximate surface area is 191 Å². The van der Waals surface area contributed by atoms with Crippen molar-refractivity contribution in [3.05, 3.63) is 77.5 Å². The van der Waals surface area contributed by atoms with Crippen LogP contribution in [-0.4, -0.2) is 41.0 Å². The number of hydrazine groups is 2. The molecule has 1 aromatic heterocycles. The van der Waals surface area contributed by atoms with E-state index >= 15 is 0 Å². The topological polar surface area (TPSA) is 95.8 Å². The monoisotopic (exact) mass is 451 g/mol. The molecule has 2 heterocycles. The van der Waals surface area contributed by atoms with E-state index in [2.05, 4.69) is 32.4 Å². The van der Waals surface area contributed by atoms with Crippen LogP contribution in [0.1, 0.15) is 24.0 Å². The third-order valence-electron chi connectivity index (χ3n) is 5.51. The van der Waals surface area contributed by atoms with Gasteiger partial charge >= 0.3 is 0 Å². The molecule has 0 aliphatic carbocycles. The van der Waals surface area contributed by atoms with E-state index in [1.165, 1.54) is 30.5 Å². The predicted molar refractivity (Wildman–Crippen MR) is 126 cm³/mol. The van der Waals surface area contributed by atoms with Gasteiger partial charge in [-0.2, -0.15) is 5.12 Å². The standard InChI is InChI=1S/C24H27F2N7/c1-32(28)31-24(30-21-6-4-5-20(25)22(21)26)19-13-18(14-29-23(19)27)17-9-7-16(8-10-17)15-33-11-2-3-12-33/h4-10,13-14H,2-3,11-12,15,28H2,1H3,(H2,27,29)(H,30,31). The average Bonchev–Trinajstić information content (AvgIpc) is 3.30. The highest BCUT2D eigenvalue weighted by Crippen LogP contribution is 2.26. The number of pyridine rings is 1.